The minimum Gasteiger partial charge on any atom is -0.337 e. The summed E-state index contributed by atoms with van der Waals surface area (Å²) >= 11 is 1.56. The lowest BCUT2D eigenvalue weighted by Crippen LogP contribution is -2.40. The Labute approximate surface area is 159 Å². The summed E-state index contributed by atoms with van der Waals surface area (Å²) in [6.45, 7) is 7.81. The summed E-state index contributed by atoms with van der Waals surface area (Å²) in [4.78, 5) is 15.0. The van der Waals surface area contributed by atoms with E-state index in [2.05, 4.69) is 52.9 Å². The van der Waals surface area contributed by atoms with E-state index in [0.29, 0.717) is 18.5 Å². The van der Waals surface area contributed by atoms with E-state index in [4.69, 9.17) is 0 Å². The first kappa shape index (κ1) is 17.6. The van der Waals surface area contributed by atoms with Crippen LogP contribution in [0.4, 0.5) is 0 Å². The second-order valence-corrected chi connectivity index (χ2v) is 8.94. The lowest BCUT2D eigenvalue weighted by Gasteiger charge is -2.30. The van der Waals surface area contributed by atoms with E-state index in [1.807, 2.05) is 11.8 Å². The maximum atomic E-state index is 13.0. The monoisotopic (exact) mass is 370 g/mol. The van der Waals surface area contributed by atoms with E-state index in [-0.39, 0.29) is 11.2 Å². The fourth-order valence-corrected chi connectivity index (χ4v) is 4.60. The van der Waals surface area contributed by atoms with Crippen molar-refractivity contribution in [1.29, 1.82) is 0 Å². The second kappa shape index (κ2) is 7.06. The molecular formula is C20H26N4OS. The van der Waals surface area contributed by atoms with Gasteiger partial charge in [0.05, 0.1) is 5.25 Å². The van der Waals surface area contributed by atoms with Gasteiger partial charge in [-0.15, -0.1) is 10.2 Å². The lowest BCUT2D eigenvalue weighted by atomic mass is 10.00. The number of carbonyl (C=O) groups is 1. The Balaban J connectivity index is 1.47. The van der Waals surface area contributed by atoms with Crippen LogP contribution in [0.25, 0.3) is 0 Å². The molecule has 0 saturated heterocycles. The molecule has 138 valence electrons. The van der Waals surface area contributed by atoms with Gasteiger partial charge in [0.1, 0.15) is 5.82 Å². The second-order valence-electron chi connectivity index (χ2n) is 7.64. The van der Waals surface area contributed by atoms with Gasteiger partial charge in [-0.3, -0.25) is 4.79 Å². The van der Waals surface area contributed by atoms with Crippen LogP contribution in [0.3, 0.4) is 0 Å². The average Bonchev–Trinajstić information content (AvgIpc) is 3.40. The molecule has 1 aromatic heterocycles. The fourth-order valence-electron chi connectivity index (χ4n) is 3.59. The van der Waals surface area contributed by atoms with Gasteiger partial charge in [-0.05, 0) is 37.3 Å². The van der Waals surface area contributed by atoms with Crippen molar-refractivity contribution in [2.45, 2.75) is 68.9 Å². The van der Waals surface area contributed by atoms with Gasteiger partial charge >= 0.3 is 0 Å². The molecule has 0 N–H and O–H groups in total. The van der Waals surface area contributed by atoms with Crippen molar-refractivity contribution in [2.75, 3.05) is 6.54 Å². The Kier molecular flexibility index (Phi) is 4.78. The molecule has 1 aliphatic heterocycles. The van der Waals surface area contributed by atoms with Gasteiger partial charge in [-0.25, -0.2) is 0 Å². The van der Waals surface area contributed by atoms with E-state index < -0.39 is 0 Å². The molecule has 26 heavy (non-hydrogen) atoms. The summed E-state index contributed by atoms with van der Waals surface area (Å²) in [6.07, 6.45) is 3.32. The SMILES string of the molecule is CC(Sc1nnc(C(C)C)n1C1CC1)C(=O)N1CCc2ccccc2C1. The van der Waals surface area contributed by atoms with Crippen molar-refractivity contribution in [1.82, 2.24) is 19.7 Å². The van der Waals surface area contributed by atoms with Crippen LogP contribution in [0, 0.1) is 0 Å². The van der Waals surface area contributed by atoms with Gasteiger partial charge in [0.2, 0.25) is 5.91 Å². The van der Waals surface area contributed by atoms with E-state index in [9.17, 15) is 4.79 Å². The maximum Gasteiger partial charge on any atom is 0.236 e. The Bertz CT molecular complexity index is 812. The van der Waals surface area contributed by atoms with Crippen LogP contribution in [-0.4, -0.2) is 37.4 Å². The van der Waals surface area contributed by atoms with Crippen molar-refractivity contribution in [3.05, 3.63) is 41.2 Å². The molecule has 0 spiro atoms. The van der Waals surface area contributed by atoms with Crippen LogP contribution in [0.2, 0.25) is 0 Å². The molecule has 2 aromatic rings. The Morgan fingerprint density at radius 3 is 2.58 bits per heavy atom. The number of thioether (sulfide) groups is 1. The maximum absolute atomic E-state index is 13.0. The van der Waals surface area contributed by atoms with Crippen molar-refractivity contribution >= 4 is 17.7 Å². The third kappa shape index (κ3) is 3.39. The lowest BCUT2D eigenvalue weighted by molar-refractivity contribution is -0.131. The first-order valence-electron chi connectivity index (χ1n) is 9.51. The van der Waals surface area contributed by atoms with E-state index in [1.54, 1.807) is 11.8 Å². The van der Waals surface area contributed by atoms with Crippen molar-refractivity contribution in [3.8, 4) is 0 Å². The van der Waals surface area contributed by atoms with Crippen molar-refractivity contribution in [3.63, 3.8) is 0 Å². The van der Waals surface area contributed by atoms with E-state index >= 15 is 0 Å². The van der Waals surface area contributed by atoms with Crippen LogP contribution in [0.5, 0.6) is 0 Å². The first-order valence-corrected chi connectivity index (χ1v) is 10.4. The summed E-state index contributed by atoms with van der Waals surface area (Å²) < 4.78 is 2.27. The Hall–Kier alpha value is -1.82. The number of rotatable bonds is 5. The van der Waals surface area contributed by atoms with Crippen molar-refractivity contribution < 1.29 is 4.79 Å². The first-order chi connectivity index (χ1) is 12.5. The zero-order valence-electron chi connectivity index (χ0n) is 15.7. The summed E-state index contributed by atoms with van der Waals surface area (Å²) in [7, 11) is 0. The number of nitrogens with zero attached hydrogens (tertiary/aromatic N) is 4. The van der Waals surface area contributed by atoms with Crippen LogP contribution >= 0.6 is 11.8 Å². The zero-order valence-corrected chi connectivity index (χ0v) is 16.5. The van der Waals surface area contributed by atoms with Crippen LogP contribution in [-0.2, 0) is 17.8 Å². The molecule has 1 amide bonds. The van der Waals surface area contributed by atoms with Gasteiger partial charge in [-0.2, -0.15) is 0 Å². The van der Waals surface area contributed by atoms with Crippen molar-refractivity contribution in [2.24, 2.45) is 0 Å². The number of benzene rings is 1. The Morgan fingerprint density at radius 2 is 1.88 bits per heavy atom. The van der Waals surface area contributed by atoms with Gasteiger partial charge in [0.15, 0.2) is 5.16 Å². The number of hydrogen-bond donors (Lipinski definition) is 0. The van der Waals surface area contributed by atoms with Crippen LogP contribution < -0.4 is 0 Å². The quantitative estimate of drug-likeness (QED) is 0.751. The third-order valence-corrected chi connectivity index (χ3v) is 6.24. The summed E-state index contributed by atoms with van der Waals surface area (Å²) in [5.41, 5.74) is 2.64. The van der Waals surface area contributed by atoms with Gasteiger partial charge in [-0.1, -0.05) is 49.9 Å². The molecule has 1 saturated carbocycles. The molecule has 5 nitrogen and oxygen atoms in total. The molecule has 1 unspecified atom stereocenters. The largest absolute Gasteiger partial charge is 0.337 e. The minimum atomic E-state index is -0.151. The zero-order chi connectivity index (χ0) is 18.3. The molecule has 0 bridgehead atoms. The molecule has 1 aromatic carbocycles. The number of amides is 1. The molecule has 2 aliphatic rings. The fraction of sp³-hybridized carbons (Fsp3) is 0.550. The van der Waals surface area contributed by atoms with Gasteiger partial charge < -0.3 is 9.47 Å². The Morgan fingerprint density at radius 1 is 1.15 bits per heavy atom. The summed E-state index contributed by atoms with van der Waals surface area (Å²) in [6, 6.07) is 8.95. The highest BCUT2D eigenvalue weighted by Crippen LogP contribution is 2.41. The normalized spacial score (nSPS) is 18.1. The highest BCUT2D eigenvalue weighted by Gasteiger charge is 2.33. The smallest absolute Gasteiger partial charge is 0.236 e. The molecule has 6 heteroatoms. The molecule has 1 atom stereocenters. The molecule has 1 fully saturated rings. The van der Waals surface area contributed by atoms with E-state index in [0.717, 1.165) is 23.9 Å². The number of hydrogen-bond acceptors (Lipinski definition) is 4. The molecular weight excluding hydrogens is 344 g/mol. The number of carbonyl (C=O) groups excluding carboxylic acids is 1. The molecule has 2 heterocycles. The predicted molar refractivity (Wildman–Crippen MR) is 103 cm³/mol. The minimum absolute atomic E-state index is 0.151. The third-order valence-electron chi connectivity index (χ3n) is 5.19. The predicted octanol–water partition coefficient (Wildman–Crippen LogP) is 3.80. The summed E-state index contributed by atoms with van der Waals surface area (Å²) in [5.74, 6) is 1.59. The van der Waals surface area contributed by atoms with Gasteiger partial charge in [0, 0.05) is 25.0 Å². The number of fused-ring (bicyclic) bond motifs is 1. The molecule has 4 rings (SSSR count). The van der Waals surface area contributed by atoms with Crippen LogP contribution in [0.15, 0.2) is 29.4 Å². The number of aromatic nitrogens is 3. The van der Waals surface area contributed by atoms with Crippen LogP contribution in [0.1, 0.15) is 62.5 Å². The summed E-state index contributed by atoms with van der Waals surface area (Å²) in [5, 5.41) is 9.55. The van der Waals surface area contributed by atoms with E-state index in [1.165, 1.54) is 24.0 Å². The topological polar surface area (TPSA) is 51.0 Å². The molecule has 0 radical (unpaired) electrons. The molecule has 1 aliphatic carbocycles. The highest BCUT2D eigenvalue weighted by atomic mass is 32.2. The average molecular weight is 371 g/mol. The van der Waals surface area contributed by atoms with Gasteiger partial charge in [0.25, 0.3) is 0 Å². The highest BCUT2D eigenvalue weighted by molar-refractivity contribution is 8.00. The standard InChI is InChI=1S/C20H26N4OS/c1-13(2)18-21-22-20(24(18)17-8-9-17)26-14(3)19(25)23-11-10-15-6-4-5-7-16(15)12-23/h4-7,13-14,17H,8-12H2,1-3H3.